The average molecular weight is 463 g/mol. The van der Waals surface area contributed by atoms with Crippen LogP contribution in [0.2, 0.25) is 0 Å². The molecule has 0 aliphatic heterocycles. The molecule has 0 aliphatic rings. The number of nitrogens with one attached hydrogen (secondary N) is 3. The Hall–Kier alpha value is -3.15. The van der Waals surface area contributed by atoms with Crippen molar-refractivity contribution in [3.05, 3.63) is 77.6 Å². The number of nitrogens with zero attached hydrogens (tertiary/aromatic N) is 1. The third-order valence-electron chi connectivity index (χ3n) is 3.61. The second-order valence-corrected chi connectivity index (χ2v) is 8.78. The maximum atomic E-state index is 12.9. The van der Waals surface area contributed by atoms with Crippen LogP contribution in [-0.2, 0) is 14.8 Å². The van der Waals surface area contributed by atoms with Gasteiger partial charge < -0.3 is 5.32 Å². The Morgan fingerprint density at radius 2 is 1.80 bits per heavy atom. The zero-order chi connectivity index (χ0) is 21.6. The van der Waals surface area contributed by atoms with Gasteiger partial charge in [0.15, 0.2) is 10.2 Å². The number of halogens is 1. The lowest BCUT2D eigenvalue weighted by molar-refractivity contribution is -0.115. The van der Waals surface area contributed by atoms with Gasteiger partial charge in [0.05, 0.1) is 4.90 Å². The van der Waals surface area contributed by atoms with Gasteiger partial charge in [0.1, 0.15) is 5.82 Å². The summed E-state index contributed by atoms with van der Waals surface area (Å²) in [6.45, 7) is 0. The smallest absolute Gasteiger partial charge is 0.263 e. The number of carbonyl (C=O) groups excluding carboxylic acids is 1. The Morgan fingerprint density at radius 1 is 1.10 bits per heavy atom. The summed E-state index contributed by atoms with van der Waals surface area (Å²) in [7, 11) is -3.75. The van der Waals surface area contributed by atoms with E-state index in [0.29, 0.717) is 11.3 Å². The predicted octanol–water partition coefficient (Wildman–Crippen LogP) is 3.61. The summed E-state index contributed by atoms with van der Waals surface area (Å²) < 4.78 is 39.9. The minimum absolute atomic E-state index is 0.0419. The molecule has 0 radical (unpaired) electrons. The van der Waals surface area contributed by atoms with Crippen molar-refractivity contribution in [2.75, 3.05) is 10.0 Å². The minimum atomic E-state index is -3.75. The molecular weight excluding hydrogens is 447 g/mol. The molecule has 0 unspecified atom stereocenters. The lowest BCUT2D eigenvalue weighted by Gasteiger charge is -2.09. The Bertz CT molecular complexity index is 1160. The first-order valence-corrected chi connectivity index (χ1v) is 11.2. The van der Waals surface area contributed by atoms with Crippen molar-refractivity contribution < 1.29 is 17.6 Å². The Balaban J connectivity index is 1.55. The third-order valence-corrected chi connectivity index (χ3v) is 5.99. The highest BCUT2D eigenvalue weighted by atomic mass is 32.2. The molecule has 11 heteroatoms. The molecule has 154 valence electrons. The number of aromatic nitrogens is 1. The Morgan fingerprint density at radius 3 is 2.43 bits per heavy atom. The molecule has 2 aromatic carbocycles. The second-order valence-electron chi connectivity index (χ2n) is 5.80. The lowest BCUT2D eigenvalue weighted by atomic mass is 10.2. The molecule has 0 fully saturated rings. The van der Waals surface area contributed by atoms with Gasteiger partial charge in [-0.1, -0.05) is 12.1 Å². The number of anilines is 2. The quantitative estimate of drug-likeness (QED) is 0.382. The number of thiazole rings is 1. The van der Waals surface area contributed by atoms with E-state index in [-0.39, 0.29) is 21.0 Å². The fourth-order valence-electron chi connectivity index (χ4n) is 2.23. The van der Waals surface area contributed by atoms with E-state index in [2.05, 4.69) is 20.3 Å². The van der Waals surface area contributed by atoms with Gasteiger partial charge in [0.25, 0.3) is 10.0 Å². The number of hydrogen-bond donors (Lipinski definition) is 3. The third kappa shape index (κ3) is 6.17. The van der Waals surface area contributed by atoms with Crippen molar-refractivity contribution in [1.82, 2.24) is 10.3 Å². The summed E-state index contributed by atoms with van der Waals surface area (Å²) in [5.74, 6) is -0.830. The lowest BCUT2D eigenvalue weighted by Crippen LogP contribution is -2.32. The molecule has 0 saturated heterocycles. The van der Waals surface area contributed by atoms with Gasteiger partial charge in [-0.25, -0.2) is 17.8 Å². The van der Waals surface area contributed by atoms with Crippen molar-refractivity contribution in [2.45, 2.75) is 4.90 Å². The summed E-state index contributed by atoms with van der Waals surface area (Å²) in [6.07, 6.45) is 4.29. The van der Waals surface area contributed by atoms with Crippen LogP contribution in [0.3, 0.4) is 0 Å². The highest BCUT2D eigenvalue weighted by Gasteiger charge is 2.15. The van der Waals surface area contributed by atoms with Gasteiger partial charge in [-0.2, -0.15) is 0 Å². The van der Waals surface area contributed by atoms with E-state index >= 15 is 0 Å². The van der Waals surface area contributed by atoms with E-state index < -0.39 is 15.9 Å². The fourth-order valence-corrected chi connectivity index (χ4v) is 4.23. The first-order valence-electron chi connectivity index (χ1n) is 8.40. The van der Waals surface area contributed by atoms with Crippen LogP contribution in [-0.4, -0.2) is 24.4 Å². The summed E-state index contributed by atoms with van der Waals surface area (Å²) in [5, 5.41) is 7.24. The number of carbonyl (C=O) groups is 1. The van der Waals surface area contributed by atoms with Crippen molar-refractivity contribution in [3.8, 4) is 0 Å². The minimum Gasteiger partial charge on any atom is -0.332 e. The van der Waals surface area contributed by atoms with Crippen molar-refractivity contribution in [2.24, 2.45) is 0 Å². The molecule has 0 atom stereocenters. The number of rotatable bonds is 6. The maximum Gasteiger partial charge on any atom is 0.263 e. The van der Waals surface area contributed by atoms with E-state index in [9.17, 15) is 17.6 Å². The number of benzene rings is 2. The largest absolute Gasteiger partial charge is 0.332 e. The van der Waals surface area contributed by atoms with Gasteiger partial charge >= 0.3 is 0 Å². The molecule has 3 rings (SSSR count). The molecule has 7 nitrogen and oxygen atoms in total. The van der Waals surface area contributed by atoms with Gasteiger partial charge in [-0.15, -0.1) is 11.3 Å². The molecule has 1 heterocycles. The number of hydrogen-bond acceptors (Lipinski definition) is 6. The zero-order valence-electron chi connectivity index (χ0n) is 15.2. The average Bonchev–Trinajstić information content (AvgIpc) is 3.20. The summed E-state index contributed by atoms with van der Waals surface area (Å²) in [5.41, 5.74) is 1.16. The summed E-state index contributed by atoms with van der Waals surface area (Å²) in [4.78, 5) is 15.9. The van der Waals surface area contributed by atoms with Gasteiger partial charge in [0, 0.05) is 23.3 Å². The van der Waals surface area contributed by atoms with Gasteiger partial charge in [-0.05, 0) is 60.3 Å². The number of sulfonamides is 1. The molecule has 0 spiro atoms. The molecule has 30 heavy (non-hydrogen) atoms. The van der Waals surface area contributed by atoms with E-state index in [4.69, 9.17) is 12.2 Å². The van der Waals surface area contributed by atoms with E-state index in [1.165, 1.54) is 78.2 Å². The topological polar surface area (TPSA) is 100 Å². The van der Waals surface area contributed by atoms with Crippen LogP contribution < -0.4 is 15.4 Å². The fraction of sp³-hybridized carbons (Fsp3) is 0. The standard InChI is InChI=1S/C19H15FN4O3S3/c20-14-4-1-13(2-5-14)3-10-17(25)23-18(28)22-15-6-8-16(9-7-15)30(26,27)24-19-21-11-12-29-19/h1-12H,(H,21,24)(H2,22,23,25,28). The highest BCUT2D eigenvalue weighted by Crippen LogP contribution is 2.19. The van der Waals surface area contributed by atoms with Crippen molar-refractivity contribution >= 4 is 61.5 Å². The molecule has 0 aliphatic carbocycles. The molecule has 3 N–H and O–H groups in total. The van der Waals surface area contributed by atoms with Crippen molar-refractivity contribution in [3.63, 3.8) is 0 Å². The monoisotopic (exact) mass is 462 g/mol. The summed E-state index contributed by atoms with van der Waals surface area (Å²) in [6, 6.07) is 11.5. The van der Waals surface area contributed by atoms with Crippen LogP contribution >= 0.6 is 23.6 Å². The van der Waals surface area contributed by atoms with E-state index in [1.807, 2.05) is 0 Å². The first-order chi connectivity index (χ1) is 14.3. The predicted molar refractivity (Wildman–Crippen MR) is 119 cm³/mol. The van der Waals surface area contributed by atoms with Crippen LogP contribution in [0.15, 0.2) is 71.1 Å². The van der Waals surface area contributed by atoms with Crippen LogP contribution in [0.5, 0.6) is 0 Å². The molecule has 1 aromatic heterocycles. The number of amides is 1. The molecular formula is C19H15FN4O3S3. The normalized spacial score (nSPS) is 11.2. The second kappa shape index (κ2) is 9.57. The van der Waals surface area contributed by atoms with Crippen molar-refractivity contribution in [1.29, 1.82) is 0 Å². The molecule has 0 saturated carbocycles. The van der Waals surface area contributed by atoms with E-state index in [1.54, 1.807) is 5.38 Å². The first kappa shape index (κ1) is 21.6. The summed E-state index contributed by atoms with van der Waals surface area (Å²) >= 11 is 6.25. The van der Waals surface area contributed by atoms with Crippen LogP contribution in [0.4, 0.5) is 15.2 Å². The van der Waals surface area contributed by atoms with Crippen LogP contribution in [0.1, 0.15) is 5.56 Å². The molecule has 1 amide bonds. The van der Waals surface area contributed by atoms with Crippen LogP contribution in [0.25, 0.3) is 6.08 Å². The van der Waals surface area contributed by atoms with Gasteiger partial charge in [0.2, 0.25) is 5.91 Å². The number of thiocarbonyl (C=S) groups is 1. The molecule has 3 aromatic rings. The van der Waals surface area contributed by atoms with Gasteiger partial charge in [-0.3, -0.25) is 14.8 Å². The Labute approximate surface area is 181 Å². The van der Waals surface area contributed by atoms with Crippen LogP contribution in [0, 0.1) is 5.82 Å². The molecule has 0 bridgehead atoms. The zero-order valence-corrected chi connectivity index (χ0v) is 17.7. The highest BCUT2D eigenvalue weighted by molar-refractivity contribution is 7.93. The maximum absolute atomic E-state index is 12.9. The Kier molecular flexibility index (Phi) is 6.87. The van der Waals surface area contributed by atoms with E-state index in [0.717, 1.165) is 0 Å². The SMILES string of the molecule is O=C(C=Cc1ccc(F)cc1)NC(=S)Nc1ccc(S(=O)(=O)Nc2nccs2)cc1.